The van der Waals surface area contributed by atoms with Crippen LogP contribution in [-0.2, 0) is 19.2 Å². The van der Waals surface area contributed by atoms with E-state index in [9.17, 15) is 19.2 Å². The van der Waals surface area contributed by atoms with Gasteiger partial charge in [-0.15, -0.1) is 0 Å². The molecule has 1 aromatic rings. The fourth-order valence-electron chi connectivity index (χ4n) is 5.42. The summed E-state index contributed by atoms with van der Waals surface area (Å²) in [6, 6.07) is 0.188. The number of primary amides is 1. The third-order valence-corrected chi connectivity index (χ3v) is 9.72. The lowest BCUT2D eigenvalue weighted by Gasteiger charge is -2.24. The Morgan fingerprint density at radius 1 is 0.707 bits per heavy atom. The molecule has 3 atom stereocenters. The van der Waals surface area contributed by atoms with Crippen LogP contribution in [0.4, 0.5) is 0 Å². The van der Waals surface area contributed by atoms with Gasteiger partial charge in [0, 0.05) is 30.7 Å². The van der Waals surface area contributed by atoms with Crippen LogP contribution < -0.4 is 44.6 Å². The molecule has 0 aliphatic carbocycles. The summed E-state index contributed by atoms with van der Waals surface area (Å²) in [5.41, 5.74) is 32.9. The van der Waals surface area contributed by atoms with Crippen LogP contribution in [0.3, 0.4) is 0 Å². The smallest absolute Gasteiger partial charge is 0.244 e. The quantitative estimate of drug-likeness (QED) is 0.0187. The van der Waals surface area contributed by atoms with Crippen molar-refractivity contribution in [2.45, 2.75) is 117 Å². The van der Waals surface area contributed by atoms with Gasteiger partial charge in [-0.25, -0.2) is 0 Å². The van der Waals surface area contributed by atoms with Crippen molar-refractivity contribution in [3.8, 4) is 0 Å². The van der Waals surface area contributed by atoms with Crippen LogP contribution in [-0.4, -0.2) is 78.3 Å². The minimum Gasteiger partial charge on any atom is -0.465 e. The molecule has 1 aromatic heterocycles. The number of hydrogen-bond acceptors (Lipinski definition) is 8. The van der Waals surface area contributed by atoms with Crippen LogP contribution in [0.1, 0.15) is 105 Å². The number of nitrogens with zero attached hydrogens (tertiary/aromatic N) is 2. The lowest BCUT2D eigenvalue weighted by molar-refractivity contribution is -0.132. The average Bonchev–Trinajstić information content (AvgIpc) is 3.67. The summed E-state index contributed by atoms with van der Waals surface area (Å²) in [6.45, 7) is 11.1. The zero-order chi connectivity index (χ0) is 43.3. The lowest BCUT2D eigenvalue weighted by Crippen LogP contribution is -2.56. The highest BCUT2D eigenvalue weighted by Crippen LogP contribution is 2.15. The Labute approximate surface area is 349 Å². The summed E-state index contributed by atoms with van der Waals surface area (Å²) in [5, 5.41) is 8.10. The highest BCUT2D eigenvalue weighted by atomic mass is 32.2. The Kier molecular flexibility index (Phi) is 26.2. The van der Waals surface area contributed by atoms with Gasteiger partial charge in [-0.1, -0.05) is 46.6 Å². The molecule has 4 amide bonds. The van der Waals surface area contributed by atoms with E-state index in [2.05, 4.69) is 84.9 Å². The summed E-state index contributed by atoms with van der Waals surface area (Å²) in [7, 11) is 0. The summed E-state index contributed by atoms with van der Waals surface area (Å²) in [4.78, 5) is 60.3. The number of rotatable bonds is 29. The molecule has 0 unspecified atom stereocenters. The largest absolute Gasteiger partial charge is 0.465 e. The van der Waals surface area contributed by atoms with Gasteiger partial charge in [0.2, 0.25) is 23.6 Å². The first-order chi connectivity index (χ1) is 27.6. The van der Waals surface area contributed by atoms with Gasteiger partial charge in [0.15, 0.2) is 11.9 Å². The van der Waals surface area contributed by atoms with Crippen LogP contribution in [0.5, 0.6) is 0 Å². The predicted molar refractivity (Wildman–Crippen MR) is 238 cm³/mol. The molecule has 0 bridgehead atoms. The summed E-state index contributed by atoms with van der Waals surface area (Å²) >= 11 is 1.46. The molecule has 1 heterocycles. The molecular formula is C42H68N10O5S. The zero-order valence-electron chi connectivity index (χ0n) is 35.1. The third kappa shape index (κ3) is 25.8. The van der Waals surface area contributed by atoms with Crippen LogP contribution in [0, 0.1) is 0 Å². The first-order valence-corrected chi connectivity index (χ1v) is 20.9. The van der Waals surface area contributed by atoms with Crippen molar-refractivity contribution in [3.05, 3.63) is 76.8 Å². The number of allylic oxidation sites excluding steroid dienone is 7. The standard InChI is InChI=1S/C42H68N10O5S/c1-29(2)12-6-13-30(3)14-7-15-31(4)16-8-17-32(5)23-27-58-28-36(38(43)54)52-40(56)35(20-10-25-49-42(46)47)51-39(55)34(19-9-24-48-41(44)45)50-37(53)22-21-33-18-11-26-57-33/h11-12,14,16,18,21-23,26,34-36H,6-10,13,15,17,19-20,24-25,27-28H2,1-5H3,(H2,43,54)(H,50,53)(H,51,55)(H,52,56)(H4,44,45,48)(H4,46,47,49)/b22-21+,30-14+,31-16+,32-23+/t34-,35-,36-/m0/s1. The molecular weight excluding hydrogens is 757 g/mol. The van der Waals surface area contributed by atoms with Crippen molar-refractivity contribution in [1.29, 1.82) is 0 Å². The van der Waals surface area contributed by atoms with Gasteiger partial charge in [-0.3, -0.25) is 29.2 Å². The molecule has 1 rings (SSSR count). The molecule has 58 heavy (non-hydrogen) atoms. The van der Waals surface area contributed by atoms with Crippen LogP contribution in [0.25, 0.3) is 6.08 Å². The molecule has 0 fully saturated rings. The molecule has 15 nitrogen and oxygen atoms in total. The monoisotopic (exact) mass is 825 g/mol. The molecule has 0 spiro atoms. The molecule has 16 heteroatoms. The van der Waals surface area contributed by atoms with Crippen molar-refractivity contribution in [2.24, 2.45) is 38.7 Å². The van der Waals surface area contributed by atoms with Crippen LogP contribution in [0.15, 0.2) is 85.5 Å². The Balaban J connectivity index is 2.87. The Morgan fingerprint density at radius 2 is 1.21 bits per heavy atom. The van der Waals surface area contributed by atoms with Crippen molar-refractivity contribution in [3.63, 3.8) is 0 Å². The van der Waals surface area contributed by atoms with Gasteiger partial charge in [-0.05, 0) is 117 Å². The number of nitrogens with two attached hydrogens (primary N) is 5. The number of guanidine groups is 2. The lowest BCUT2D eigenvalue weighted by atomic mass is 10.0. The molecule has 0 aliphatic rings. The number of thioether (sulfide) groups is 1. The van der Waals surface area contributed by atoms with Crippen molar-refractivity contribution < 1.29 is 23.6 Å². The van der Waals surface area contributed by atoms with E-state index < -0.39 is 41.8 Å². The molecule has 322 valence electrons. The van der Waals surface area contributed by atoms with Gasteiger partial charge in [0.25, 0.3) is 0 Å². The fraction of sp³-hybridized carbons (Fsp3) is 0.524. The maximum atomic E-state index is 13.6. The molecule has 0 aliphatic heterocycles. The van der Waals surface area contributed by atoms with Crippen molar-refractivity contribution in [2.75, 3.05) is 24.6 Å². The number of amides is 4. The summed E-state index contributed by atoms with van der Waals surface area (Å²) in [5.74, 6) is -1.43. The van der Waals surface area contributed by atoms with E-state index in [0.29, 0.717) is 24.4 Å². The Bertz CT molecular complexity index is 1630. The molecule has 0 radical (unpaired) electrons. The van der Waals surface area contributed by atoms with Gasteiger partial charge in [-0.2, -0.15) is 11.8 Å². The van der Waals surface area contributed by atoms with Crippen LogP contribution in [0.2, 0.25) is 0 Å². The average molecular weight is 825 g/mol. The van der Waals surface area contributed by atoms with Gasteiger partial charge < -0.3 is 49.0 Å². The number of carbonyl (C=O) groups is 4. The minimum absolute atomic E-state index is 0.105. The summed E-state index contributed by atoms with van der Waals surface area (Å²) < 4.78 is 5.22. The number of carbonyl (C=O) groups excluding carboxylic acids is 4. The Morgan fingerprint density at radius 3 is 1.69 bits per heavy atom. The second-order valence-corrected chi connectivity index (χ2v) is 15.5. The molecule has 0 saturated heterocycles. The highest BCUT2D eigenvalue weighted by molar-refractivity contribution is 7.99. The molecule has 0 aromatic carbocycles. The molecule has 13 N–H and O–H groups in total. The van der Waals surface area contributed by atoms with E-state index in [4.69, 9.17) is 33.1 Å². The van der Waals surface area contributed by atoms with E-state index in [0.717, 1.165) is 38.5 Å². The number of hydrogen-bond donors (Lipinski definition) is 8. The van der Waals surface area contributed by atoms with E-state index in [1.807, 2.05) is 0 Å². The predicted octanol–water partition coefficient (Wildman–Crippen LogP) is 4.22. The van der Waals surface area contributed by atoms with E-state index in [1.54, 1.807) is 12.1 Å². The second kappa shape index (κ2) is 29.9. The third-order valence-electron chi connectivity index (χ3n) is 8.75. The van der Waals surface area contributed by atoms with Crippen molar-refractivity contribution in [1.82, 2.24) is 16.0 Å². The highest BCUT2D eigenvalue weighted by Gasteiger charge is 2.28. The first kappa shape index (κ1) is 50.8. The van der Waals surface area contributed by atoms with E-state index >= 15 is 0 Å². The maximum Gasteiger partial charge on any atom is 0.244 e. The van der Waals surface area contributed by atoms with Gasteiger partial charge in [0.1, 0.15) is 23.9 Å². The summed E-state index contributed by atoms with van der Waals surface area (Å²) in [6.07, 6.45) is 20.3. The maximum absolute atomic E-state index is 13.6. The van der Waals surface area contributed by atoms with Gasteiger partial charge in [0.05, 0.1) is 6.26 Å². The number of nitrogens with one attached hydrogen (secondary N) is 3. The Hall–Kier alpha value is -5.25. The topological polar surface area (TPSA) is 272 Å². The van der Waals surface area contributed by atoms with Crippen LogP contribution >= 0.6 is 11.8 Å². The first-order valence-electron chi connectivity index (χ1n) is 19.8. The second-order valence-electron chi connectivity index (χ2n) is 14.4. The minimum atomic E-state index is -1.10. The van der Waals surface area contributed by atoms with Crippen molar-refractivity contribution >= 4 is 53.4 Å². The van der Waals surface area contributed by atoms with E-state index in [1.165, 1.54) is 52.5 Å². The normalized spacial score (nSPS) is 13.6. The fourth-order valence-corrected chi connectivity index (χ4v) is 6.44. The SMILES string of the molecule is CC(C)=CCC/C(C)=C/CC/C(C)=C/CC/C(C)=C/CSC[C@H](NC(=O)[C@H](CCCN=C(N)N)NC(=O)[C@H](CCCN=C(N)N)NC(=O)/C=C/c1ccco1)C(N)=O. The van der Waals surface area contributed by atoms with Gasteiger partial charge >= 0.3 is 0 Å². The molecule has 0 saturated carbocycles. The zero-order valence-corrected chi connectivity index (χ0v) is 35.9. The number of furan rings is 1. The number of aliphatic imine (C=N–C) groups is 2. The van der Waals surface area contributed by atoms with E-state index in [-0.39, 0.29) is 43.6 Å².